The summed E-state index contributed by atoms with van der Waals surface area (Å²) in [6.45, 7) is 14.9. The molecule has 0 radical (unpaired) electrons. The minimum atomic E-state index is -1.12. The second kappa shape index (κ2) is 11.1. The summed E-state index contributed by atoms with van der Waals surface area (Å²) in [6, 6.07) is 1.94. The van der Waals surface area contributed by atoms with Crippen molar-refractivity contribution in [3.63, 3.8) is 0 Å². The first-order valence-electron chi connectivity index (χ1n) is 16.0. The van der Waals surface area contributed by atoms with Gasteiger partial charge in [0.05, 0.1) is 31.3 Å². The number of aliphatic hydroxyl groups is 1. The molecule has 0 aromatic carbocycles. The monoisotopic (exact) mass is 626 g/mol. The summed E-state index contributed by atoms with van der Waals surface area (Å²) in [6.07, 6.45) is 1.99. The van der Waals surface area contributed by atoms with E-state index >= 15 is 0 Å². The first-order valence-corrected chi connectivity index (χ1v) is 16.0. The van der Waals surface area contributed by atoms with Gasteiger partial charge in [-0.25, -0.2) is 4.79 Å². The molecule has 45 heavy (non-hydrogen) atoms. The molecule has 2 saturated heterocycles. The summed E-state index contributed by atoms with van der Waals surface area (Å²) in [5.41, 5.74) is 1.18. The Hall–Kier alpha value is -2.95. The highest BCUT2D eigenvalue weighted by Gasteiger charge is 2.77. The van der Waals surface area contributed by atoms with Crippen molar-refractivity contribution >= 4 is 17.9 Å². The summed E-state index contributed by atoms with van der Waals surface area (Å²) in [7, 11) is 0. The lowest BCUT2D eigenvalue weighted by Crippen LogP contribution is -2.72. The van der Waals surface area contributed by atoms with E-state index in [0.717, 1.165) is 16.7 Å². The van der Waals surface area contributed by atoms with E-state index in [1.165, 1.54) is 13.8 Å². The molecule has 12 atom stereocenters. The third-order valence-corrected chi connectivity index (χ3v) is 12.1. The lowest BCUT2D eigenvalue weighted by Gasteiger charge is -2.66. The Balaban J connectivity index is 1.61. The number of ether oxygens (including phenoxy) is 5. The molecule has 2 saturated carbocycles. The van der Waals surface area contributed by atoms with Crippen molar-refractivity contribution in [2.45, 2.75) is 117 Å². The van der Waals surface area contributed by atoms with Crippen LogP contribution in [0.25, 0.3) is 0 Å². The van der Waals surface area contributed by atoms with Gasteiger partial charge in [0.25, 0.3) is 0 Å². The fourth-order valence-electron chi connectivity index (χ4n) is 10.3. The Morgan fingerprint density at radius 3 is 2.31 bits per heavy atom. The average Bonchev–Trinajstić information content (AvgIpc) is 3.68. The predicted octanol–water partition coefficient (Wildman–Crippen LogP) is 5.00. The van der Waals surface area contributed by atoms with E-state index in [-0.39, 0.29) is 37.2 Å². The number of furan rings is 1. The average molecular weight is 627 g/mol. The van der Waals surface area contributed by atoms with Gasteiger partial charge in [-0.2, -0.15) is 0 Å². The Kier molecular flexibility index (Phi) is 7.89. The van der Waals surface area contributed by atoms with Crippen LogP contribution in [0.15, 0.2) is 45.8 Å². The van der Waals surface area contributed by atoms with Crippen LogP contribution in [0.1, 0.15) is 86.1 Å². The number of rotatable bonds is 5. The van der Waals surface area contributed by atoms with Gasteiger partial charge in [0.2, 0.25) is 0 Å². The van der Waals surface area contributed by atoms with Crippen LogP contribution >= 0.6 is 0 Å². The van der Waals surface area contributed by atoms with Crippen molar-refractivity contribution in [2.75, 3.05) is 6.61 Å². The van der Waals surface area contributed by atoms with Gasteiger partial charge in [0.1, 0.15) is 18.3 Å². The summed E-state index contributed by atoms with van der Waals surface area (Å²) < 4.78 is 37.2. The maximum Gasteiger partial charge on any atom is 0.333 e. The third-order valence-electron chi connectivity index (χ3n) is 12.1. The van der Waals surface area contributed by atoms with Crippen molar-refractivity contribution in [1.82, 2.24) is 0 Å². The number of aliphatic hydroxyl groups excluding tert-OH is 1. The second-order valence-electron chi connectivity index (χ2n) is 14.4. The molecule has 3 aliphatic carbocycles. The van der Waals surface area contributed by atoms with E-state index in [1.807, 2.05) is 13.0 Å². The van der Waals surface area contributed by atoms with Crippen LogP contribution in [0, 0.1) is 28.1 Å². The molecule has 0 bridgehead atoms. The van der Waals surface area contributed by atoms with Crippen molar-refractivity contribution < 1.29 is 47.6 Å². The van der Waals surface area contributed by atoms with Crippen LogP contribution in [-0.4, -0.2) is 66.4 Å². The molecule has 4 fully saturated rings. The van der Waals surface area contributed by atoms with Crippen LogP contribution < -0.4 is 0 Å². The van der Waals surface area contributed by atoms with Gasteiger partial charge >= 0.3 is 17.9 Å². The fraction of sp³-hybridized carbons (Fsp3) is 0.686. The largest absolute Gasteiger partial charge is 0.472 e. The molecule has 0 amide bonds. The van der Waals surface area contributed by atoms with Crippen LogP contribution in [0.4, 0.5) is 0 Å². The molecule has 10 nitrogen and oxygen atoms in total. The molecule has 0 unspecified atom stereocenters. The zero-order chi connectivity index (χ0) is 32.6. The van der Waals surface area contributed by atoms with Crippen LogP contribution in [-0.2, 0) is 38.1 Å². The van der Waals surface area contributed by atoms with E-state index in [0.29, 0.717) is 12.0 Å². The van der Waals surface area contributed by atoms with E-state index in [9.17, 15) is 19.5 Å². The standard InChI is InChI=1S/C35H46O10/c1-9-17(2)32(39)45-31-29-30-33(6,16-41-29)25(42-19(4)36)14-26(43-20(5)37)34(30,7)24-13-27(38)44-23-12-22(21-10-11-40-15-21)18(3)28(23)35(24,31)8/h9-11,15,22-27,29-31,38H,12-14,16H2,1-8H3/b17-9+/t22-,23+,24-,25-,26+,27+,29-,30+,31-,33-,34+,35-/m1/s1. The Bertz CT molecular complexity index is 1430. The van der Waals surface area contributed by atoms with E-state index in [1.54, 1.807) is 32.4 Å². The summed E-state index contributed by atoms with van der Waals surface area (Å²) >= 11 is 0. The normalized spacial score (nSPS) is 43.9. The van der Waals surface area contributed by atoms with Gasteiger partial charge < -0.3 is 33.2 Å². The van der Waals surface area contributed by atoms with Crippen molar-refractivity contribution in [3.05, 3.63) is 47.0 Å². The summed E-state index contributed by atoms with van der Waals surface area (Å²) in [5, 5.41) is 11.6. The lowest BCUT2D eigenvalue weighted by molar-refractivity contribution is -0.262. The number of hydrogen-bond acceptors (Lipinski definition) is 10. The van der Waals surface area contributed by atoms with E-state index in [2.05, 4.69) is 20.8 Å². The summed E-state index contributed by atoms with van der Waals surface area (Å²) in [4.78, 5) is 38.7. The SMILES string of the molecule is C/C=C(\C)C(=O)O[C@@H]1[C@@H]2OC[C@]3(C)[C@H](OC(C)=O)C[C@H](OC(C)=O)[C@@](C)([C@@H]23)[C@H]2C[C@@H](O)O[C@H]3C[C@@H](c4ccoc4)C(C)=C3[C@]12C. The maximum absolute atomic E-state index is 13.7. The highest BCUT2D eigenvalue weighted by molar-refractivity contribution is 5.87. The molecular formula is C35H46O10. The zero-order valence-corrected chi connectivity index (χ0v) is 27.5. The van der Waals surface area contributed by atoms with Crippen LogP contribution in [0.5, 0.6) is 0 Å². The fourth-order valence-corrected chi connectivity index (χ4v) is 10.3. The Labute approximate surface area is 264 Å². The van der Waals surface area contributed by atoms with Gasteiger partial charge in [-0.1, -0.05) is 32.4 Å². The second-order valence-corrected chi connectivity index (χ2v) is 14.4. The number of allylic oxidation sites excluding steroid dienone is 2. The summed E-state index contributed by atoms with van der Waals surface area (Å²) in [5.74, 6) is -2.08. The van der Waals surface area contributed by atoms with Gasteiger partial charge in [-0.3, -0.25) is 9.59 Å². The van der Waals surface area contributed by atoms with Gasteiger partial charge in [0, 0.05) is 60.3 Å². The van der Waals surface area contributed by atoms with Crippen molar-refractivity contribution in [1.29, 1.82) is 0 Å². The quantitative estimate of drug-likeness (QED) is 0.206. The third kappa shape index (κ3) is 4.65. The highest BCUT2D eigenvalue weighted by Crippen LogP contribution is 2.72. The first kappa shape index (κ1) is 32.0. The number of esters is 3. The molecule has 2 aliphatic heterocycles. The molecule has 6 rings (SSSR count). The molecule has 246 valence electrons. The molecule has 5 aliphatic rings. The number of hydrogen-bond donors (Lipinski definition) is 1. The molecule has 1 aromatic rings. The van der Waals surface area contributed by atoms with Gasteiger partial charge in [-0.05, 0) is 50.3 Å². The van der Waals surface area contributed by atoms with Gasteiger partial charge in [0.15, 0.2) is 6.29 Å². The molecule has 1 N–H and O–H groups in total. The van der Waals surface area contributed by atoms with E-state index in [4.69, 9.17) is 28.1 Å². The number of carbonyl (C=O) groups excluding carboxylic acids is 3. The molecule has 1 aromatic heterocycles. The number of fused-ring (bicyclic) bond motifs is 4. The highest BCUT2D eigenvalue weighted by atomic mass is 16.6. The predicted molar refractivity (Wildman–Crippen MR) is 160 cm³/mol. The van der Waals surface area contributed by atoms with Crippen molar-refractivity contribution in [3.8, 4) is 0 Å². The smallest absolute Gasteiger partial charge is 0.333 e. The maximum atomic E-state index is 13.7. The first-order chi connectivity index (χ1) is 21.2. The minimum absolute atomic E-state index is 0.0237. The Morgan fingerprint density at radius 2 is 1.69 bits per heavy atom. The molecule has 0 spiro atoms. The van der Waals surface area contributed by atoms with E-state index < -0.39 is 71.0 Å². The minimum Gasteiger partial charge on any atom is -0.472 e. The molecule has 10 heteroatoms. The Morgan fingerprint density at radius 1 is 1.00 bits per heavy atom. The van der Waals surface area contributed by atoms with Crippen LogP contribution in [0.3, 0.4) is 0 Å². The van der Waals surface area contributed by atoms with Gasteiger partial charge in [-0.15, -0.1) is 0 Å². The zero-order valence-electron chi connectivity index (χ0n) is 27.5. The van der Waals surface area contributed by atoms with Crippen LogP contribution in [0.2, 0.25) is 0 Å². The topological polar surface area (TPSA) is 131 Å². The molecular weight excluding hydrogens is 580 g/mol. The lowest BCUT2D eigenvalue weighted by atomic mass is 9.39. The molecule has 3 heterocycles. The number of carbonyl (C=O) groups is 3. The van der Waals surface area contributed by atoms with Crippen molar-refractivity contribution in [2.24, 2.45) is 28.1 Å².